The topological polar surface area (TPSA) is 124 Å². The summed E-state index contributed by atoms with van der Waals surface area (Å²) >= 11 is 0. The summed E-state index contributed by atoms with van der Waals surface area (Å²) in [5, 5.41) is 16.0. The van der Waals surface area contributed by atoms with Crippen molar-refractivity contribution < 1.29 is 8.42 Å². The summed E-state index contributed by atoms with van der Waals surface area (Å²) in [4.78, 5) is 8.92. The van der Waals surface area contributed by atoms with E-state index in [1.807, 2.05) is 13.0 Å². The van der Waals surface area contributed by atoms with Crippen molar-refractivity contribution in [3.63, 3.8) is 0 Å². The minimum absolute atomic E-state index is 0.0749. The van der Waals surface area contributed by atoms with E-state index in [-0.39, 0.29) is 10.5 Å². The molecule has 0 unspecified atom stereocenters. The van der Waals surface area contributed by atoms with Crippen LogP contribution in [0.25, 0.3) is 22.4 Å². The van der Waals surface area contributed by atoms with Gasteiger partial charge in [-0.2, -0.15) is 10.4 Å². The number of benzene rings is 2. The quantitative estimate of drug-likeness (QED) is 0.538. The number of anilines is 1. The van der Waals surface area contributed by atoms with E-state index < -0.39 is 10.0 Å². The lowest BCUT2D eigenvalue weighted by molar-refractivity contribution is 0.600. The van der Waals surface area contributed by atoms with Crippen LogP contribution in [0.5, 0.6) is 0 Å². The number of hydrogen-bond acceptors (Lipinski definition) is 6. The van der Waals surface area contributed by atoms with Crippen LogP contribution in [-0.4, -0.2) is 28.6 Å². The summed E-state index contributed by atoms with van der Waals surface area (Å²) in [6.07, 6.45) is 1.65. The van der Waals surface area contributed by atoms with Crippen LogP contribution in [0.1, 0.15) is 16.8 Å². The highest BCUT2D eigenvalue weighted by atomic mass is 32.2. The number of nitrogens with one attached hydrogen (secondary N) is 2. The molecule has 4 rings (SSSR count). The minimum atomic E-state index is -3.82. The minimum Gasteiger partial charge on any atom is -0.280 e. The highest BCUT2D eigenvalue weighted by Gasteiger charge is 2.18. The van der Waals surface area contributed by atoms with Crippen LogP contribution in [0.15, 0.2) is 53.6 Å². The molecule has 0 aliphatic carbocycles. The molecule has 2 heterocycles. The Balaban J connectivity index is 1.61. The summed E-state index contributed by atoms with van der Waals surface area (Å²) in [5.74, 6) is 0. The Hall–Kier alpha value is -3.77. The Kier molecular flexibility index (Phi) is 4.48. The number of aryl methyl sites for hydroxylation is 2. The van der Waals surface area contributed by atoms with Gasteiger partial charge in [0.05, 0.1) is 34.1 Å². The molecule has 2 aromatic heterocycles. The van der Waals surface area contributed by atoms with Crippen molar-refractivity contribution in [2.24, 2.45) is 0 Å². The molecule has 0 aliphatic rings. The first-order chi connectivity index (χ1) is 13.9. The van der Waals surface area contributed by atoms with Crippen molar-refractivity contribution in [1.82, 2.24) is 20.2 Å². The highest BCUT2D eigenvalue weighted by molar-refractivity contribution is 7.92. The van der Waals surface area contributed by atoms with E-state index in [0.29, 0.717) is 28.1 Å². The molecule has 0 fully saturated rings. The van der Waals surface area contributed by atoms with Gasteiger partial charge in [-0.15, -0.1) is 0 Å². The molecule has 8 nitrogen and oxygen atoms in total. The molecule has 9 heteroatoms. The second-order valence-electron chi connectivity index (χ2n) is 6.55. The zero-order valence-corrected chi connectivity index (χ0v) is 16.4. The molecule has 0 saturated heterocycles. The monoisotopic (exact) mass is 404 g/mol. The number of aromatic amines is 1. The molecule has 0 bridgehead atoms. The number of nitriles is 1. The highest BCUT2D eigenvalue weighted by Crippen LogP contribution is 2.24. The average Bonchev–Trinajstić information content (AvgIpc) is 3.09. The van der Waals surface area contributed by atoms with E-state index in [4.69, 9.17) is 5.26 Å². The first-order valence-electron chi connectivity index (χ1n) is 8.69. The largest absolute Gasteiger partial charge is 0.280 e. The van der Waals surface area contributed by atoms with Gasteiger partial charge >= 0.3 is 0 Å². The summed E-state index contributed by atoms with van der Waals surface area (Å²) in [6.45, 7) is 3.56. The Morgan fingerprint density at radius 1 is 1.10 bits per heavy atom. The van der Waals surface area contributed by atoms with E-state index in [1.54, 1.807) is 49.5 Å². The van der Waals surface area contributed by atoms with Crippen LogP contribution in [0.2, 0.25) is 0 Å². The fourth-order valence-corrected chi connectivity index (χ4v) is 4.26. The van der Waals surface area contributed by atoms with E-state index in [0.717, 1.165) is 11.3 Å². The van der Waals surface area contributed by atoms with Crippen LogP contribution < -0.4 is 4.72 Å². The molecule has 144 valence electrons. The molecule has 0 atom stereocenters. The molecule has 0 spiro atoms. The fourth-order valence-electron chi connectivity index (χ4n) is 2.93. The lowest BCUT2D eigenvalue weighted by Gasteiger charge is -2.11. The molecular weight excluding hydrogens is 388 g/mol. The second-order valence-corrected chi connectivity index (χ2v) is 8.20. The lowest BCUT2D eigenvalue weighted by atomic mass is 10.1. The number of hydrogen-bond donors (Lipinski definition) is 2. The molecule has 0 aliphatic heterocycles. The summed E-state index contributed by atoms with van der Waals surface area (Å²) < 4.78 is 28.0. The van der Waals surface area contributed by atoms with Crippen molar-refractivity contribution in [2.75, 3.05) is 4.72 Å². The predicted octanol–water partition coefficient (Wildman–Crippen LogP) is 3.31. The molecule has 2 aromatic carbocycles. The lowest BCUT2D eigenvalue weighted by Crippen LogP contribution is -2.14. The second kappa shape index (κ2) is 7.00. The average molecular weight is 404 g/mol. The standard InChI is InChI=1S/C20H16N6O2S/c1-12-3-4-14(10-21)9-18(12)29(27,28)26-16-7-5-15(6-8-16)17-11-22-19-13(2)24-25-20(19)23-17/h3-9,11,26H,1-2H3,(H,23,24,25). The molecular formula is C20H16N6O2S. The van der Waals surface area contributed by atoms with Crippen molar-refractivity contribution in [1.29, 1.82) is 5.26 Å². The predicted molar refractivity (Wildman–Crippen MR) is 109 cm³/mol. The number of rotatable bonds is 4. The number of fused-ring (bicyclic) bond motifs is 1. The maximum absolute atomic E-state index is 12.7. The van der Waals surface area contributed by atoms with Gasteiger partial charge in [-0.05, 0) is 43.7 Å². The number of nitrogens with zero attached hydrogens (tertiary/aromatic N) is 4. The van der Waals surface area contributed by atoms with Gasteiger partial charge in [0.1, 0.15) is 5.52 Å². The van der Waals surface area contributed by atoms with Crippen LogP contribution in [-0.2, 0) is 10.0 Å². The van der Waals surface area contributed by atoms with Gasteiger partial charge in [0.25, 0.3) is 10.0 Å². The molecule has 2 N–H and O–H groups in total. The third-order valence-corrected chi connectivity index (χ3v) is 6.00. The molecule has 29 heavy (non-hydrogen) atoms. The van der Waals surface area contributed by atoms with Gasteiger partial charge in [0.15, 0.2) is 5.65 Å². The summed E-state index contributed by atoms with van der Waals surface area (Å²) in [7, 11) is -3.82. The van der Waals surface area contributed by atoms with Crippen molar-refractivity contribution >= 4 is 26.9 Å². The van der Waals surface area contributed by atoms with Crippen LogP contribution in [0, 0.1) is 25.2 Å². The van der Waals surface area contributed by atoms with Crippen molar-refractivity contribution in [2.45, 2.75) is 18.7 Å². The molecule has 0 amide bonds. The maximum Gasteiger partial charge on any atom is 0.262 e. The van der Waals surface area contributed by atoms with Gasteiger partial charge in [-0.1, -0.05) is 18.2 Å². The van der Waals surface area contributed by atoms with Gasteiger partial charge < -0.3 is 0 Å². The summed E-state index contributed by atoms with van der Waals surface area (Å²) in [6, 6.07) is 13.3. The van der Waals surface area contributed by atoms with Crippen molar-refractivity contribution in [3.05, 3.63) is 65.5 Å². The smallest absolute Gasteiger partial charge is 0.262 e. The van der Waals surface area contributed by atoms with Gasteiger partial charge in [-0.25, -0.2) is 18.4 Å². The molecule has 4 aromatic rings. The Bertz CT molecular complexity index is 1370. The van der Waals surface area contributed by atoms with E-state index in [9.17, 15) is 8.42 Å². The Morgan fingerprint density at radius 3 is 2.59 bits per heavy atom. The van der Waals surface area contributed by atoms with Gasteiger partial charge in [0, 0.05) is 11.3 Å². The fraction of sp³-hybridized carbons (Fsp3) is 0.100. The zero-order valence-electron chi connectivity index (χ0n) is 15.6. The number of H-pyrrole nitrogens is 1. The summed E-state index contributed by atoms with van der Waals surface area (Å²) in [5.41, 5.74) is 4.76. The van der Waals surface area contributed by atoms with Crippen LogP contribution >= 0.6 is 0 Å². The Labute approximate surface area is 167 Å². The first kappa shape index (κ1) is 18.6. The molecule has 0 saturated carbocycles. The van der Waals surface area contributed by atoms with Gasteiger partial charge in [-0.3, -0.25) is 9.82 Å². The van der Waals surface area contributed by atoms with E-state index >= 15 is 0 Å². The van der Waals surface area contributed by atoms with E-state index in [2.05, 4.69) is 24.9 Å². The Morgan fingerprint density at radius 2 is 1.86 bits per heavy atom. The number of sulfonamides is 1. The normalized spacial score (nSPS) is 11.3. The van der Waals surface area contributed by atoms with E-state index in [1.165, 1.54) is 6.07 Å². The van der Waals surface area contributed by atoms with Crippen molar-refractivity contribution in [3.8, 4) is 17.3 Å². The third-order valence-electron chi connectivity index (χ3n) is 4.48. The maximum atomic E-state index is 12.7. The third kappa shape index (κ3) is 3.53. The molecule has 0 radical (unpaired) electrons. The number of aromatic nitrogens is 4. The van der Waals surface area contributed by atoms with Crippen LogP contribution in [0.3, 0.4) is 0 Å². The van der Waals surface area contributed by atoms with Gasteiger partial charge in [0.2, 0.25) is 0 Å². The SMILES string of the molecule is Cc1ccc(C#N)cc1S(=O)(=O)Nc1ccc(-c2cnc3c(C)[nH]nc3n2)cc1. The van der Waals surface area contributed by atoms with Crippen LogP contribution in [0.4, 0.5) is 5.69 Å². The first-order valence-corrected chi connectivity index (χ1v) is 10.2. The zero-order chi connectivity index (χ0) is 20.6.